The molecule has 1 N–H and O–H groups in total. The predicted octanol–water partition coefficient (Wildman–Crippen LogP) is 2.71. The summed E-state index contributed by atoms with van der Waals surface area (Å²) in [7, 11) is 0. The number of nitrogens with zero attached hydrogens (tertiary/aromatic N) is 3. The van der Waals surface area contributed by atoms with Gasteiger partial charge in [0.1, 0.15) is 5.82 Å². The molecule has 7 heteroatoms. The molecule has 2 unspecified atom stereocenters. The standard InChI is InChI=1S/C16H20N4O2S/c1-10-8-20(9-11(2)22-10)14-5-4-13(7-17-14)15(21)19-16-18-6-12(3)23-16/h4-7,10-11H,8-9H2,1-3H3,(H,18,19,21). The largest absolute Gasteiger partial charge is 0.372 e. The van der Waals surface area contributed by atoms with E-state index in [-0.39, 0.29) is 18.1 Å². The number of carbonyl (C=O) groups is 1. The number of ether oxygens (including phenoxy) is 1. The van der Waals surface area contributed by atoms with E-state index >= 15 is 0 Å². The second-order valence-corrected chi connectivity index (χ2v) is 7.03. The molecule has 0 bridgehead atoms. The molecule has 1 aliphatic heterocycles. The maximum atomic E-state index is 12.2. The van der Waals surface area contributed by atoms with Crippen molar-refractivity contribution in [1.82, 2.24) is 9.97 Å². The topological polar surface area (TPSA) is 67.4 Å². The minimum atomic E-state index is -0.192. The average molecular weight is 332 g/mol. The quantitative estimate of drug-likeness (QED) is 0.936. The average Bonchev–Trinajstić information content (AvgIpc) is 2.91. The second kappa shape index (κ2) is 6.64. The number of hydrogen-bond donors (Lipinski definition) is 1. The molecule has 2 aromatic heterocycles. The Kier molecular flexibility index (Phi) is 4.58. The summed E-state index contributed by atoms with van der Waals surface area (Å²) in [6.45, 7) is 7.68. The van der Waals surface area contributed by atoms with Crippen molar-refractivity contribution in [3.05, 3.63) is 35.0 Å². The maximum absolute atomic E-state index is 12.2. The molecule has 3 rings (SSSR count). The third-order valence-corrected chi connectivity index (χ3v) is 4.42. The van der Waals surface area contributed by atoms with Crippen LogP contribution in [0.25, 0.3) is 0 Å². The number of nitrogens with one attached hydrogen (secondary N) is 1. The number of thiazole rings is 1. The minimum Gasteiger partial charge on any atom is -0.372 e. The van der Waals surface area contributed by atoms with Gasteiger partial charge in [-0.05, 0) is 32.9 Å². The fourth-order valence-electron chi connectivity index (χ4n) is 2.65. The summed E-state index contributed by atoms with van der Waals surface area (Å²) < 4.78 is 5.73. The molecule has 1 amide bonds. The van der Waals surface area contributed by atoms with Gasteiger partial charge in [0.2, 0.25) is 0 Å². The van der Waals surface area contributed by atoms with Gasteiger partial charge in [-0.15, -0.1) is 11.3 Å². The molecule has 2 atom stereocenters. The van der Waals surface area contributed by atoms with Crippen LogP contribution in [-0.2, 0) is 4.74 Å². The number of carbonyl (C=O) groups excluding carboxylic acids is 1. The van der Waals surface area contributed by atoms with Crippen molar-refractivity contribution in [3.63, 3.8) is 0 Å². The number of anilines is 2. The second-order valence-electron chi connectivity index (χ2n) is 5.80. The summed E-state index contributed by atoms with van der Waals surface area (Å²) in [5.74, 6) is 0.677. The van der Waals surface area contributed by atoms with Crippen LogP contribution in [0.15, 0.2) is 24.5 Å². The van der Waals surface area contributed by atoms with Crippen molar-refractivity contribution in [2.24, 2.45) is 0 Å². The van der Waals surface area contributed by atoms with Gasteiger partial charge in [-0.1, -0.05) is 0 Å². The zero-order valence-electron chi connectivity index (χ0n) is 13.4. The summed E-state index contributed by atoms with van der Waals surface area (Å²) in [4.78, 5) is 24.0. The first-order valence-electron chi connectivity index (χ1n) is 7.61. The van der Waals surface area contributed by atoms with E-state index in [4.69, 9.17) is 4.74 Å². The number of pyridine rings is 1. The highest BCUT2D eigenvalue weighted by atomic mass is 32.1. The van der Waals surface area contributed by atoms with Crippen LogP contribution in [0.4, 0.5) is 10.9 Å². The molecule has 6 nitrogen and oxygen atoms in total. The maximum Gasteiger partial charge on any atom is 0.259 e. The summed E-state index contributed by atoms with van der Waals surface area (Å²) in [6, 6.07) is 3.68. The van der Waals surface area contributed by atoms with Crippen LogP contribution in [0, 0.1) is 6.92 Å². The summed E-state index contributed by atoms with van der Waals surface area (Å²) in [6.07, 6.45) is 3.70. The van der Waals surface area contributed by atoms with Gasteiger partial charge in [0.25, 0.3) is 5.91 Å². The molecular weight excluding hydrogens is 312 g/mol. The fourth-order valence-corrected chi connectivity index (χ4v) is 3.31. The molecule has 3 heterocycles. The zero-order valence-corrected chi connectivity index (χ0v) is 14.3. The molecule has 23 heavy (non-hydrogen) atoms. The number of hydrogen-bond acceptors (Lipinski definition) is 6. The van der Waals surface area contributed by atoms with E-state index in [2.05, 4.69) is 34.0 Å². The molecule has 0 aromatic carbocycles. The molecule has 0 radical (unpaired) electrons. The van der Waals surface area contributed by atoms with E-state index < -0.39 is 0 Å². The van der Waals surface area contributed by atoms with Crippen LogP contribution >= 0.6 is 11.3 Å². The lowest BCUT2D eigenvalue weighted by atomic mass is 10.2. The first-order valence-corrected chi connectivity index (χ1v) is 8.43. The lowest BCUT2D eigenvalue weighted by Crippen LogP contribution is -2.45. The van der Waals surface area contributed by atoms with Crippen LogP contribution < -0.4 is 10.2 Å². The molecule has 122 valence electrons. The van der Waals surface area contributed by atoms with Crippen molar-refractivity contribution in [2.75, 3.05) is 23.3 Å². The Morgan fingerprint density at radius 1 is 1.26 bits per heavy atom. The highest BCUT2D eigenvalue weighted by Crippen LogP contribution is 2.20. The lowest BCUT2D eigenvalue weighted by molar-refractivity contribution is -0.00546. The molecule has 1 saturated heterocycles. The van der Waals surface area contributed by atoms with Crippen molar-refractivity contribution < 1.29 is 9.53 Å². The van der Waals surface area contributed by atoms with Gasteiger partial charge in [-0.3, -0.25) is 10.1 Å². The van der Waals surface area contributed by atoms with Crippen LogP contribution in [0.2, 0.25) is 0 Å². The molecule has 0 saturated carbocycles. The van der Waals surface area contributed by atoms with Gasteiger partial charge < -0.3 is 9.64 Å². The Morgan fingerprint density at radius 3 is 2.57 bits per heavy atom. The van der Waals surface area contributed by atoms with Gasteiger partial charge in [-0.2, -0.15) is 0 Å². The summed E-state index contributed by atoms with van der Waals surface area (Å²) >= 11 is 1.45. The Labute approximate surface area is 139 Å². The monoisotopic (exact) mass is 332 g/mol. The molecule has 2 aromatic rings. The number of morpholine rings is 1. The number of aromatic nitrogens is 2. The smallest absolute Gasteiger partial charge is 0.259 e. The van der Waals surface area contributed by atoms with Crippen molar-refractivity contribution in [1.29, 1.82) is 0 Å². The van der Waals surface area contributed by atoms with Crippen molar-refractivity contribution >= 4 is 28.2 Å². The van der Waals surface area contributed by atoms with E-state index in [1.807, 2.05) is 13.0 Å². The fraction of sp³-hybridized carbons (Fsp3) is 0.438. The van der Waals surface area contributed by atoms with Gasteiger partial charge >= 0.3 is 0 Å². The van der Waals surface area contributed by atoms with Gasteiger partial charge in [0.05, 0.1) is 17.8 Å². The Bertz CT molecular complexity index is 676. The Balaban J connectivity index is 1.68. The Hall–Kier alpha value is -1.99. The predicted molar refractivity (Wildman–Crippen MR) is 91.3 cm³/mol. The highest BCUT2D eigenvalue weighted by Gasteiger charge is 2.23. The minimum absolute atomic E-state index is 0.177. The van der Waals surface area contributed by atoms with Crippen molar-refractivity contribution in [3.8, 4) is 0 Å². The van der Waals surface area contributed by atoms with E-state index in [9.17, 15) is 4.79 Å². The Morgan fingerprint density at radius 2 is 2.00 bits per heavy atom. The molecular formula is C16H20N4O2S. The summed E-state index contributed by atoms with van der Waals surface area (Å²) in [5, 5.41) is 3.39. The van der Waals surface area contributed by atoms with Gasteiger partial charge in [0.15, 0.2) is 5.13 Å². The lowest BCUT2D eigenvalue weighted by Gasteiger charge is -2.36. The SMILES string of the molecule is Cc1cnc(NC(=O)c2ccc(N3CC(C)OC(C)C3)nc2)s1. The third-order valence-electron chi connectivity index (χ3n) is 3.60. The first-order chi connectivity index (χ1) is 11.0. The normalized spacial score (nSPS) is 21.3. The van der Waals surface area contributed by atoms with E-state index in [0.717, 1.165) is 23.8 Å². The van der Waals surface area contributed by atoms with Crippen LogP contribution in [0.5, 0.6) is 0 Å². The number of rotatable bonds is 3. The van der Waals surface area contributed by atoms with Crippen molar-refractivity contribution in [2.45, 2.75) is 33.0 Å². The van der Waals surface area contributed by atoms with E-state index in [0.29, 0.717) is 10.7 Å². The van der Waals surface area contributed by atoms with Crippen LogP contribution in [0.1, 0.15) is 29.1 Å². The number of amides is 1. The zero-order chi connectivity index (χ0) is 16.4. The molecule has 0 aliphatic carbocycles. The third kappa shape index (κ3) is 3.86. The first kappa shape index (κ1) is 15.9. The van der Waals surface area contributed by atoms with Gasteiger partial charge in [0, 0.05) is 30.4 Å². The van der Waals surface area contributed by atoms with Crippen LogP contribution in [-0.4, -0.2) is 41.2 Å². The van der Waals surface area contributed by atoms with Gasteiger partial charge in [-0.25, -0.2) is 9.97 Å². The molecule has 1 fully saturated rings. The van der Waals surface area contributed by atoms with E-state index in [1.165, 1.54) is 11.3 Å². The molecule has 1 aliphatic rings. The van der Waals surface area contributed by atoms with E-state index in [1.54, 1.807) is 18.5 Å². The van der Waals surface area contributed by atoms with Crippen LogP contribution in [0.3, 0.4) is 0 Å². The highest BCUT2D eigenvalue weighted by molar-refractivity contribution is 7.15. The summed E-state index contributed by atoms with van der Waals surface area (Å²) in [5.41, 5.74) is 0.524. The number of aryl methyl sites for hydroxylation is 1. The molecule has 0 spiro atoms.